The molecule has 0 radical (unpaired) electrons. The van der Waals surface area contributed by atoms with E-state index in [1.807, 2.05) is 24.3 Å². The van der Waals surface area contributed by atoms with Crippen LogP contribution in [0, 0.1) is 6.92 Å². The van der Waals surface area contributed by atoms with Crippen molar-refractivity contribution < 1.29 is 9.47 Å². The number of rotatable bonds is 6. The number of aryl methyl sites for hydroxylation is 1. The van der Waals surface area contributed by atoms with Crippen molar-refractivity contribution in [3.8, 4) is 5.75 Å². The molecule has 1 atom stereocenters. The summed E-state index contributed by atoms with van der Waals surface area (Å²) in [6.07, 6.45) is 2.76. The number of aromatic nitrogens is 2. The van der Waals surface area contributed by atoms with E-state index in [2.05, 4.69) is 28.1 Å². The van der Waals surface area contributed by atoms with Gasteiger partial charge < -0.3 is 9.47 Å². The van der Waals surface area contributed by atoms with Crippen LogP contribution in [-0.2, 0) is 11.3 Å². The van der Waals surface area contributed by atoms with Crippen LogP contribution < -0.4 is 4.74 Å². The highest BCUT2D eigenvalue weighted by molar-refractivity contribution is 5.31. The quantitative estimate of drug-likeness (QED) is 0.890. The zero-order chi connectivity index (χ0) is 15.4. The first-order valence-corrected chi connectivity index (χ1v) is 7.65. The second-order valence-electron chi connectivity index (χ2n) is 5.98. The first kappa shape index (κ1) is 15.1. The molecule has 0 amide bonds. The van der Waals surface area contributed by atoms with E-state index in [1.54, 1.807) is 13.3 Å². The summed E-state index contributed by atoms with van der Waals surface area (Å²) in [6.45, 7) is 5.38. The van der Waals surface area contributed by atoms with E-state index in [0.717, 1.165) is 43.1 Å². The Morgan fingerprint density at radius 1 is 1.32 bits per heavy atom. The Morgan fingerprint density at radius 3 is 2.91 bits per heavy atom. The van der Waals surface area contributed by atoms with Gasteiger partial charge in [0, 0.05) is 38.6 Å². The number of aromatic amines is 1. The van der Waals surface area contributed by atoms with Crippen LogP contribution in [0.15, 0.2) is 36.5 Å². The molecule has 1 N–H and O–H groups in total. The molecule has 0 unspecified atom stereocenters. The van der Waals surface area contributed by atoms with Crippen molar-refractivity contribution in [3.63, 3.8) is 0 Å². The highest BCUT2D eigenvalue weighted by atomic mass is 16.5. The summed E-state index contributed by atoms with van der Waals surface area (Å²) < 4.78 is 11.8. The van der Waals surface area contributed by atoms with Gasteiger partial charge >= 0.3 is 0 Å². The second kappa shape index (κ2) is 6.50. The number of H-pyrrole nitrogens is 1. The summed E-state index contributed by atoms with van der Waals surface area (Å²) in [7, 11) is 1.78. The maximum Gasteiger partial charge on any atom is 0.122 e. The number of likely N-dealkylation sites (tertiary alicyclic amines) is 1. The number of ether oxygens (including phenoxy) is 2. The van der Waals surface area contributed by atoms with Gasteiger partial charge in [-0.2, -0.15) is 5.10 Å². The summed E-state index contributed by atoms with van der Waals surface area (Å²) in [5, 5.41) is 7.01. The van der Waals surface area contributed by atoms with Gasteiger partial charge in [-0.1, -0.05) is 18.2 Å². The van der Waals surface area contributed by atoms with E-state index in [0.29, 0.717) is 6.61 Å². The minimum Gasteiger partial charge on any atom is -0.490 e. The Morgan fingerprint density at radius 2 is 2.18 bits per heavy atom. The van der Waals surface area contributed by atoms with Crippen molar-refractivity contribution >= 4 is 0 Å². The molecule has 1 aliphatic heterocycles. The van der Waals surface area contributed by atoms with Gasteiger partial charge in [0.25, 0.3) is 0 Å². The molecule has 118 valence electrons. The van der Waals surface area contributed by atoms with Crippen molar-refractivity contribution in [1.29, 1.82) is 0 Å². The number of methoxy groups -OCH3 is 1. The van der Waals surface area contributed by atoms with Gasteiger partial charge in [-0.15, -0.1) is 0 Å². The zero-order valence-corrected chi connectivity index (χ0v) is 13.2. The van der Waals surface area contributed by atoms with Crippen molar-refractivity contribution in [3.05, 3.63) is 47.8 Å². The maximum atomic E-state index is 6.03. The molecule has 0 saturated carbocycles. The standard InChI is InChI=1S/C17H23N3O2/c1-14-5-3-4-6-16(14)22-13-17(21-2)8-10-20(12-17)11-15-7-9-18-19-15/h3-7,9H,8,10-13H2,1-2H3,(H,18,19)/t17-/m0/s1. The molecule has 2 heterocycles. The summed E-state index contributed by atoms with van der Waals surface area (Å²) in [5.74, 6) is 0.936. The van der Waals surface area contributed by atoms with Crippen LogP contribution in [0.2, 0.25) is 0 Å². The van der Waals surface area contributed by atoms with Gasteiger partial charge in [0.15, 0.2) is 0 Å². The topological polar surface area (TPSA) is 50.4 Å². The molecular formula is C17H23N3O2. The summed E-state index contributed by atoms with van der Waals surface area (Å²) >= 11 is 0. The first-order chi connectivity index (χ1) is 10.7. The number of hydrogen-bond acceptors (Lipinski definition) is 4. The van der Waals surface area contributed by atoms with Gasteiger partial charge in [-0.25, -0.2) is 0 Å². The Balaban J connectivity index is 1.60. The molecule has 5 nitrogen and oxygen atoms in total. The van der Waals surface area contributed by atoms with E-state index in [1.165, 1.54) is 0 Å². The second-order valence-corrected chi connectivity index (χ2v) is 5.98. The highest BCUT2D eigenvalue weighted by Crippen LogP contribution is 2.28. The van der Waals surface area contributed by atoms with Gasteiger partial charge in [0.05, 0.1) is 0 Å². The SMILES string of the molecule is CO[C@@]1(COc2ccccc2C)CCN(Cc2ccn[nH]2)C1. The molecule has 3 rings (SSSR count). The fourth-order valence-electron chi connectivity index (χ4n) is 2.95. The predicted octanol–water partition coefficient (Wildman–Crippen LogP) is 2.39. The van der Waals surface area contributed by atoms with Crippen molar-refractivity contribution in [2.24, 2.45) is 0 Å². The number of nitrogens with one attached hydrogen (secondary N) is 1. The van der Waals surface area contributed by atoms with Crippen LogP contribution in [0.3, 0.4) is 0 Å². The van der Waals surface area contributed by atoms with Crippen molar-refractivity contribution in [1.82, 2.24) is 15.1 Å². The predicted molar refractivity (Wildman–Crippen MR) is 84.9 cm³/mol. The Kier molecular flexibility index (Phi) is 4.45. The number of hydrogen-bond donors (Lipinski definition) is 1. The number of nitrogens with zero attached hydrogens (tertiary/aromatic N) is 2. The molecule has 1 aromatic carbocycles. The van der Waals surface area contributed by atoms with Crippen LogP contribution in [-0.4, -0.2) is 47.5 Å². The lowest BCUT2D eigenvalue weighted by atomic mass is 10.0. The largest absolute Gasteiger partial charge is 0.490 e. The molecule has 0 spiro atoms. The van der Waals surface area contributed by atoms with Gasteiger partial charge in [0.2, 0.25) is 0 Å². The highest BCUT2D eigenvalue weighted by Gasteiger charge is 2.39. The Labute approximate surface area is 131 Å². The lowest BCUT2D eigenvalue weighted by Crippen LogP contribution is -2.41. The van der Waals surface area contributed by atoms with Crippen LogP contribution in [0.1, 0.15) is 17.7 Å². The molecule has 0 bridgehead atoms. The summed E-state index contributed by atoms with van der Waals surface area (Å²) in [5.41, 5.74) is 2.05. The average Bonchev–Trinajstić information content (AvgIpc) is 3.18. The van der Waals surface area contributed by atoms with Gasteiger partial charge in [0.1, 0.15) is 18.0 Å². The number of benzene rings is 1. The molecule has 0 aliphatic carbocycles. The van der Waals surface area contributed by atoms with Crippen LogP contribution in [0.5, 0.6) is 5.75 Å². The molecule has 1 fully saturated rings. The van der Waals surface area contributed by atoms with Crippen LogP contribution in [0.4, 0.5) is 0 Å². The lowest BCUT2D eigenvalue weighted by Gasteiger charge is -2.28. The van der Waals surface area contributed by atoms with Gasteiger partial charge in [-0.3, -0.25) is 10.00 Å². The molecule has 1 aromatic heterocycles. The third-order valence-electron chi connectivity index (χ3n) is 4.37. The monoisotopic (exact) mass is 301 g/mol. The van der Waals surface area contributed by atoms with Crippen LogP contribution in [0.25, 0.3) is 0 Å². The third-order valence-corrected chi connectivity index (χ3v) is 4.37. The van der Waals surface area contributed by atoms with E-state index in [9.17, 15) is 0 Å². The average molecular weight is 301 g/mol. The molecular weight excluding hydrogens is 278 g/mol. The van der Waals surface area contributed by atoms with Gasteiger partial charge in [-0.05, 0) is 31.0 Å². The Hall–Kier alpha value is -1.85. The zero-order valence-electron chi connectivity index (χ0n) is 13.2. The maximum absolute atomic E-state index is 6.03. The normalized spacial score (nSPS) is 22.1. The minimum atomic E-state index is -0.234. The van der Waals surface area contributed by atoms with E-state index in [-0.39, 0.29) is 5.60 Å². The van der Waals surface area contributed by atoms with E-state index in [4.69, 9.17) is 9.47 Å². The fraction of sp³-hybridized carbons (Fsp3) is 0.471. The summed E-state index contributed by atoms with van der Waals surface area (Å²) in [4.78, 5) is 2.37. The van der Waals surface area contributed by atoms with Crippen LogP contribution >= 0.6 is 0 Å². The molecule has 1 saturated heterocycles. The van der Waals surface area contributed by atoms with E-state index >= 15 is 0 Å². The van der Waals surface area contributed by atoms with Crippen molar-refractivity contribution in [2.45, 2.75) is 25.5 Å². The lowest BCUT2D eigenvalue weighted by molar-refractivity contribution is -0.0361. The molecule has 1 aliphatic rings. The van der Waals surface area contributed by atoms with E-state index < -0.39 is 0 Å². The fourth-order valence-corrected chi connectivity index (χ4v) is 2.95. The van der Waals surface area contributed by atoms with Crippen molar-refractivity contribution in [2.75, 3.05) is 26.8 Å². The number of para-hydroxylation sites is 1. The first-order valence-electron chi connectivity index (χ1n) is 7.65. The summed E-state index contributed by atoms with van der Waals surface area (Å²) in [6, 6.07) is 10.1. The smallest absolute Gasteiger partial charge is 0.122 e. The molecule has 22 heavy (non-hydrogen) atoms. The third kappa shape index (κ3) is 3.31. The molecule has 2 aromatic rings. The Bertz CT molecular complexity index is 600. The minimum absolute atomic E-state index is 0.234. The molecule has 5 heteroatoms.